The van der Waals surface area contributed by atoms with E-state index in [1.165, 1.54) is 6.20 Å². The lowest BCUT2D eigenvalue weighted by Crippen LogP contribution is -2.27. The first-order valence-corrected chi connectivity index (χ1v) is 10.7. The summed E-state index contributed by atoms with van der Waals surface area (Å²) < 4.78 is 11.6. The second-order valence-electron chi connectivity index (χ2n) is 7.64. The maximum Gasteiger partial charge on any atom is 0.258 e. The molecule has 0 spiro atoms. The van der Waals surface area contributed by atoms with Crippen LogP contribution in [0.1, 0.15) is 34.5 Å². The molecule has 6 nitrogen and oxygen atoms in total. The number of ether oxygens (including phenoxy) is 2. The fraction of sp³-hybridized carbons (Fsp3) is 0.148. The number of aryl methyl sites for hydroxylation is 1. The Labute approximate surface area is 193 Å². The number of methoxy groups -OCH3 is 1. The van der Waals surface area contributed by atoms with E-state index in [2.05, 4.69) is 15.3 Å². The van der Waals surface area contributed by atoms with Gasteiger partial charge in [-0.1, -0.05) is 66.7 Å². The molecule has 1 N–H and O–H groups in total. The number of nitrogens with zero attached hydrogens (tertiary/aromatic N) is 2. The van der Waals surface area contributed by atoms with Crippen molar-refractivity contribution in [2.24, 2.45) is 0 Å². The number of benzene rings is 3. The van der Waals surface area contributed by atoms with Gasteiger partial charge in [-0.15, -0.1) is 0 Å². The first-order chi connectivity index (χ1) is 16.0. The molecule has 1 unspecified atom stereocenters. The van der Waals surface area contributed by atoms with Crippen molar-refractivity contribution in [2.45, 2.75) is 19.9 Å². The number of hydrogen-bond acceptors (Lipinski definition) is 5. The quantitative estimate of drug-likeness (QED) is 0.397. The molecule has 4 aromatic rings. The average molecular weight is 440 g/mol. The van der Waals surface area contributed by atoms with Gasteiger partial charge in [0.2, 0.25) is 5.88 Å². The standard InChI is InChI=1S/C27H25N3O3/c1-18-14-15-23(24(16-18)32-3)33-27-22(17-28-25(30-27)21-12-8-5-9-13-21)26(31)29-19(2)20-10-6-4-7-11-20/h4-17,19H,1-3H3,(H,29,31). The van der Waals surface area contributed by atoms with Gasteiger partial charge in [-0.25, -0.2) is 4.98 Å². The van der Waals surface area contributed by atoms with Crippen LogP contribution in [0.5, 0.6) is 17.4 Å². The molecule has 4 rings (SSSR count). The number of aromatic nitrogens is 2. The Balaban J connectivity index is 1.70. The third-order valence-electron chi connectivity index (χ3n) is 5.20. The SMILES string of the molecule is COc1cc(C)ccc1Oc1nc(-c2ccccc2)ncc1C(=O)NC(C)c1ccccc1. The molecule has 1 heterocycles. The van der Waals surface area contributed by atoms with Gasteiger partial charge in [0, 0.05) is 11.8 Å². The van der Waals surface area contributed by atoms with Crippen LogP contribution in [-0.4, -0.2) is 23.0 Å². The summed E-state index contributed by atoms with van der Waals surface area (Å²) in [5, 5.41) is 3.01. The number of carbonyl (C=O) groups is 1. The highest BCUT2D eigenvalue weighted by molar-refractivity contribution is 5.96. The summed E-state index contributed by atoms with van der Waals surface area (Å²) in [4.78, 5) is 22.2. The summed E-state index contributed by atoms with van der Waals surface area (Å²) in [7, 11) is 1.58. The predicted molar refractivity (Wildman–Crippen MR) is 128 cm³/mol. The Bertz CT molecular complexity index is 1240. The monoisotopic (exact) mass is 439 g/mol. The van der Waals surface area contributed by atoms with Gasteiger partial charge in [-0.3, -0.25) is 4.79 Å². The number of nitrogens with one attached hydrogen (secondary N) is 1. The molecule has 3 aromatic carbocycles. The lowest BCUT2D eigenvalue weighted by molar-refractivity contribution is 0.0936. The lowest BCUT2D eigenvalue weighted by atomic mass is 10.1. The normalized spacial score (nSPS) is 11.5. The molecule has 0 saturated heterocycles. The van der Waals surface area contributed by atoms with Gasteiger partial charge in [0.15, 0.2) is 17.3 Å². The molecule has 166 valence electrons. The largest absolute Gasteiger partial charge is 0.493 e. The van der Waals surface area contributed by atoms with Gasteiger partial charge >= 0.3 is 0 Å². The van der Waals surface area contributed by atoms with E-state index in [0.29, 0.717) is 17.3 Å². The molecule has 0 aliphatic rings. The van der Waals surface area contributed by atoms with Crippen LogP contribution < -0.4 is 14.8 Å². The van der Waals surface area contributed by atoms with E-state index in [-0.39, 0.29) is 23.4 Å². The first kappa shape index (κ1) is 22.0. The summed E-state index contributed by atoms with van der Waals surface area (Å²) in [6.07, 6.45) is 1.50. The minimum absolute atomic E-state index is 0.156. The molecule has 0 bridgehead atoms. The Morgan fingerprint density at radius 1 is 0.939 bits per heavy atom. The summed E-state index contributed by atoms with van der Waals surface area (Å²) >= 11 is 0. The topological polar surface area (TPSA) is 73.3 Å². The molecule has 0 saturated carbocycles. The van der Waals surface area contributed by atoms with Gasteiger partial charge in [0.05, 0.1) is 13.2 Å². The predicted octanol–water partition coefficient (Wildman–Crippen LogP) is 5.74. The molecule has 6 heteroatoms. The van der Waals surface area contributed by atoms with Crippen LogP contribution in [0.2, 0.25) is 0 Å². The Hall–Kier alpha value is -4.19. The van der Waals surface area contributed by atoms with Crippen LogP contribution in [-0.2, 0) is 0 Å². The highest BCUT2D eigenvalue weighted by Gasteiger charge is 2.21. The second-order valence-corrected chi connectivity index (χ2v) is 7.64. The summed E-state index contributed by atoms with van der Waals surface area (Å²) in [6, 6.07) is 24.7. The van der Waals surface area contributed by atoms with Crippen molar-refractivity contribution in [3.63, 3.8) is 0 Å². The fourth-order valence-electron chi connectivity index (χ4n) is 3.39. The van der Waals surface area contributed by atoms with Crippen molar-refractivity contribution < 1.29 is 14.3 Å². The molecule has 33 heavy (non-hydrogen) atoms. The van der Waals surface area contributed by atoms with Gasteiger partial charge in [0.1, 0.15) is 5.56 Å². The van der Waals surface area contributed by atoms with Crippen molar-refractivity contribution in [3.05, 3.63) is 102 Å². The molecular formula is C27H25N3O3. The van der Waals surface area contributed by atoms with Crippen molar-refractivity contribution >= 4 is 5.91 Å². The smallest absolute Gasteiger partial charge is 0.258 e. The van der Waals surface area contributed by atoms with Crippen LogP contribution in [0.4, 0.5) is 0 Å². The lowest BCUT2D eigenvalue weighted by Gasteiger charge is -2.17. The minimum Gasteiger partial charge on any atom is -0.493 e. The number of carbonyl (C=O) groups excluding carboxylic acids is 1. The van der Waals surface area contributed by atoms with Crippen LogP contribution >= 0.6 is 0 Å². The molecule has 0 fully saturated rings. The van der Waals surface area contributed by atoms with E-state index in [9.17, 15) is 4.79 Å². The molecule has 1 atom stereocenters. The van der Waals surface area contributed by atoms with Crippen LogP contribution in [0.25, 0.3) is 11.4 Å². The van der Waals surface area contributed by atoms with Gasteiger partial charge in [-0.05, 0) is 37.1 Å². The Kier molecular flexibility index (Phi) is 6.64. The van der Waals surface area contributed by atoms with Gasteiger partial charge in [-0.2, -0.15) is 4.98 Å². The maximum atomic E-state index is 13.2. The van der Waals surface area contributed by atoms with Gasteiger partial charge in [0.25, 0.3) is 5.91 Å². The van der Waals surface area contributed by atoms with E-state index < -0.39 is 0 Å². The zero-order valence-electron chi connectivity index (χ0n) is 18.8. The van der Waals surface area contributed by atoms with Crippen molar-refractivity contribution in [2.75, 3.05) is 7.11 Å². The maximum absolute atomic E-state index is 13.2. The number of rotatable bonds is 7. The van der Waals surface area contributed by atoms with E-state index in [0.717, 1.165) is 16.7 Å². The highest BCUT2D eigenvalue weighted by atomic mass is 16.5. The third kappa shape index (κ3) is 5.18. The number of amides is 1. The molecule has 1 amide bonds. The van der Waals surface area contributed by atoms with Crippen LogP contribution in [0.15, 0.2) is 85.1 Å². The van der Waals surface area contributed by atoms with Crippen LogP contribution in [0, 0.1) is 6.92 Å². The molecule has 0 aliphatic carbocycles. The van der Waals surface area contributed by atoms with Crippen molar-refractivity contribution in [1.82, 2.24) is 15.3 Å². The fourth-order valence-corrected chi connectivity index (χ4v) is 3.39. The third-order valence-corrected chi connectivity index (χ3v) is 5.20. The first-order valence-electron chi connectivity index (χ1n) is 10.7. The van der Waals surface area contributed by atoms with Gasteiger partial charge < -0.3 is 14.8 Å². The second kappa shape index (κ2) is 9.96. The summed E-state index contributed by atoms with van der Waals surface area (Å²) in [5.74, 6) is 1.31. The minimum atomic E-state index is -0.327. The van der Waals surface area contributed by atoms with Crippen molar-refractivity contribution in [1.29, 1.82) is 0 Å². The van der Waals surface area contributed by atoms with Crippen LogP contribution in [0.3, 0.4) is 0 Å². The molecule has 1 aromatic heterocycles. The number of hydrogen-bond donors (Lipinski definition) is 1. The molecular weight excluding hydrogens is 414 g/mol. The highest BCUT2D eigenvalue weighted by Crippen LogP contribution is 2.33. The van der Waals surface area contributed by atoms with E-state index in [4.69, 9.17) is 9.47 Å². The summed E-state index contributed by atoms with van der Waals surface area (Å²) in [6.45, 7) is 3.89. The Morgan fingerprint density at radius 2 is 1.64 bits per heavy atom. The Morgan fingerprint density at radius 3 is 2.33 bits per heavy atom. The average Bonchev–Trinajstić information content (AvgIpc) is 2.86. The molecule has 0 radical (unpaired) electrons. The summed E-state index contributed by atoms with van der Waals surface area (Å²) in [5.41, 5.74) is 3.08. The zero-order chi connectivity index (χ0) is 23.2. The van der Waals surface area contributed by atoms with E-state index in [1.807, 2.05) is 86.6 Å². The van der Waals surface area contributed by atoms with E-state index in [1.54, 1.807) is 13.2 Å². The van der Waals surface area contributed by atoms with E-state index >= 15 is 0 Å². The zero-order valence-corrected chi connectivity index (χ0v) is 18.8. The van der Waals surface area contributed by atoms with Crippen molar-refractivity contribution in [3.8, 4) is 28.8 Å². The molecule has 0 aliphatic heterocycles.